The fourth-order valence-electron chi connectivity index (χ4n) is 2.41. The first kappa shape index (κ1) is 17.5. The average Bonchev–Trinajstić information content (AvgIpc) is 2.61. The first-order valence-electron chi connectivity index (χ1n) is 7.57. The minimum absolute atomic E-state index is 0.261. The van der Waals surface area contributed by atoms with Crippen molar-refractivity contribution in [2.75, 3.05) is 11.9 Å². The second kappa shape index (κ2) is 6.88. The molecule has 0 aliphatic carbocycles. The molecule has 0 N–H and O–H groups in total. The van der Waals surface area contributed by atoms with E-state index in [2.05, 4.69) is 14.7 Å². The molecule has 3 rings (SSSR count). The molecule has 0 aliphatic heterocycles. The largest absolute Gasteiger partial charge is 0.573 e. The molecule has 0 saturated carbocycles. The van der Waals surface area contributed by atoms with E-state index >= 15 is 0 Å². The molecular formula is C18H13F3N4O. The van der Waals surface area contributed by atoms with Gasteiger partial charge in [-0.3, -0.25) is 4.98 Å². The van der Waals surface area contributed by atoms with Crippen LogP contribution in [0.5, 0.6) is 5.75 Å². The lowest BCUT2D eigenvalue weighted by molar-refractivity contribution is -0.274. The van der Waals surface area contributed by atoms with Gasteiger partial charge in [0, 0.05) is 13.6 Å². The standard InChI is InChI=1S/C18H13F3N4O/c1-25(11-12-2-5-14(6-3-12)26-18(19,20)21)17-10-23-16-8-13(9-22)4-7-15(16)24-17/h2-8,10H,11H2,1H3. The van der Waals surface area contributed by atoms with Crippen LogP contribution in [0, 0.1) is 11.3 Å². The maximum Gasteiger partial charge on any atom is 0.573 e. The van der Waals surface area contributed by atoms with Gasteiger partial charge in [-0.1, -0.05) is 12.1 Å². The van der Waals surface area contributed by atoms with E-state index < -0.39 is 6.36 Å². The van der Waals surface area contributed by atoms with Crippen molar-refractivity contribution in [1.29, 1.82) is 5.26 Å². The van der Waals surface area contributed by atoms with Crippen LogP contribution in [0.1, 0.15) is 11.1 Å². The van der Waals surface area contributed by atoms with Crippen LogP contribution in [0.15, 0.2) is 48.7 Å². The number of rotatable bonds is 4. The molecule has 0 amide bonds. The molecule has 132 valence electrons. The molecule has 5 nitrogen and oxygen atoms in total. The van der Waals surface area contributed by atoms with E-state index in [1.54, 1.807) is 43.6 Å². The SMILES string of the molecule is CN(Cc1ccc(OC(F)(F)F)cc1)c1cnc2cc(C#N)ccc2n1. The summed E-state index contributed by atoms with van der Waals surface area (Å²) in [6.07, 6.45) is -3.12. The Labute approximate surface area is 147 Å². The molecule has 3 aromatic rings. The summed E-state index contributed by atoms with van der Waals surface area (Å²) in [6.45, 7) is 0.433. The predicted octanol–water partition coefficient (Wildman–Crippen LogP) is 4.04. The Morgan fingerprint density at radius 3 is 2.50 bits per heavy atom. The molecule has 8 heteroatoms. The molecule has 0 saturated heterocycles. The lowest BCUT2D eigenvalue weighted by Crippen LogP contribution is -2.18. The summed E-state index contributed by atoms with van der Waals surface area (Å²) < 4.78 is 40.4. The van der Waals surface area contributed by atoms with Crippen LogP contribution in [0.3, 0.4) is 0 Å². The molecule has 0 fully saturated rings. The number of nitriles is 1. The van der Waals surface area contributed by atoms with E-state index in [0.717, 1.165) is 5.56 Å². The molecule has 1 heterocycles. The molecule has 26 heavy (non-hydrogen) atoms. The van der Waals surface area contributed by atoms with Crippen LogP contribution in [0.4, 0.5) is 19.0 Å². The summed E-state index contributed by atoms with van der Waals surface area (Å²) in [6, 6.07) is 12.8. The number of hydrogen-bond acceptors (Lipinski definition) is 5. The van der Waals surface area contributed by atoms with Gasteiger partial charge in [0.25, 0.3) is 0 Å². The lowest BCUT2D eigenvalue weighted by atomic mass is 10.2. The summed E-state index contributed by atoms with van der Waals surface area (Å²) in [7, 11) is 1.81. The van der Waals surface area contributed by atoms with E-state index in [0.29, 0.717) is 29.0 Å². The fraction of sp³-hybridized carbons (Fsp3) is 0.167. The summed E-state index contributed by atoms with van der Waals surface area (Å²) in [5.41, 5.74) is 2.58. The third-order valence-electron chi connectivity index (χ3n) is 3.63. The van der Waals surface area contributed by atoms with Gasteiger partial charge in [-0.15, -0.1) is 13.2 Å². The molecule has 0 unspecified atom stereocenters. The highest BCUT2D eigenvalue weighted by molar-refractivity contribution is 5.77. The lowest BCUT2D eigenvalue weighted by Gasteiger charge is -2.18. The highest BCUT2D eigenvalue weighted by atomic mass is 19.4. The molecule has 0 bridgehead atoms. The van der Waals surface area contributed by atoms with Crippen molar-refractivity contribution in [2.24, 2.45) is 0 Å². The first-order chi connectivity index (χ1) is 12.3. The molecule has 0 aliphatic rings. The molecular weight excluding hydrogens is 345 g/mol. The minimum Gasteiger partial charge on any atom is -0.406 e. The van der Waals surface area contributed by atoms with Crippen molar-refractivity contribution >= 4 is 16.9 Å². The number of fused-ring (bicyclic) bond motifs is 1. The number of ether oxygens (including phenoxy) is 1. The number of anilines is 1. The van der Waals surface area contributed by atoms with Crippen molar-refractivity contribution in [1.82, 2.24) is 9.97 Å². The Kier molecular flexibility index (Phi) is 4.63. The zero-order valence-corrected chi connectivity index (χ0v) is 13.7. The van der Waals surface area contributed by atoms with Crippen LogP contribution >= 0.6 is 0 Å². The predicted molar refractivity (Wildman–Crippen MR) is 89.5 cm³/mol. The summed E-state index contributed by atoms with van der Waals surface area (Å²) in [4.78, 5) is 10.6. The molecule has 2 aromatic carbocycles. The second-order valence-electron chi connectivity index (χ2n) is 5.59. The summed E-state index contributed by atoms with van der Waals surface area (Å²) in [5.74, 6) is 0.348. The van der Waals surface area contributed by atoms with Gasteiger partial charge in [0.1, 0.15) is 11.6 Å². The van der Waals surface area contributed by atoms with Gasteiger partial charge in [-0.2, -0.15) is 5.26 Å². The van der Waals surface area contributed by atoms with Crippen molar-refractivity contribution in [3.8, 4) is 11.8 Å². The van der Waals surface area contributed by atoms with Crippen LogP contribution in [0.2, 0.25) is 0 Å². The van der Waals surface area contributed by atoms with Crippen molar-refractivity contribution in [2.45, 2.75) is 12.9 Å². The zero-order valence-electron chi connectivity index (χ0n) is 13.7. The smallest absolute Gasteiger partial charge is 0.406 e. The number of nitrogens with zero attached hydrogens (tertiary/aromatic N) is 4. The third kappa shape index (κ3) is 4.19. The maximum absolute atomic E-state index is 12.2. The van der Waals surface area contributed by atoms with Crippen LogP contribution < -0.4 is 9.64 Å². The Hall–Kier alpha value is -3.34. The third-order valence-corrected chi connectivity index (χ3v) is 3.63. The van der Waals surface area contributed by atoms with Crippen LogP contribution in [-0.4, -0.2) is 23.4 Å². The topological polar surface area (TPSA) is 62.0 Å². The fourth-order valence-corrected chi connectivity index (χ4v) is 2.41. The van der Waals surface area contributed by atoms with E-state index in [1.165, 1.54) is 12.1 Å². The monoisotopic (exact) mass is 358 g/mol. The number of benzene rings is 2. The quantitative estimate of drug-likeness (QED) is 0.704. The van der Waals surface area contributed by atoms with E-state index in [-0.39, 0.29) is 5.75 Å². The Bertz CT molecular complexity index is 965. The molecule has 0 radical (unpaired) electrons. The Morgan fingerprint density at radius 1 is 1.12 bits per heavy atom. The normalized spacial score (nSPS) is 11.2. The maximum atomic E-state index is 12.2. The Morgan fingerprint density at radius 2 is 1.85 bits per heavy atom. The van der Waals surface area contributed by atoms with Crippen molar-refractivity contribution in [3.05, 3.63) is 59.8 Å². The van der Waals surface area contributed by atoms with Gasteiger partial charge in [0.05, 0.1) is 28.9 Å². The van der Waals surface area contributed by atoms with E-state index in [4.69, 9.17) is 5.26 Å². The zero-order chi connectivity index (χ0) is 18.7. The first-order valence-corrected chi connectivity index (χ1v) is 7.57. The van der Waals surface area contributed by atoms with E-state index in [9.17, 15) is 13.2 Å². The average molecular weight is 358 g/mol. The Balaban J connectivity index is 1.74. The van der Waals surface area contributed by atoms with Crippen LogP contribution in [0.25, 0.3) is 11.0 Å². The molecule has 0 atom stereocenters. The number of alkyl halides is 3. The second-order valence-corrected chi connectivity index (χ2v) is 5.59. The van der Waals surface area contributed by atoms with Gasteiger partial charge in [-0.25, -0.2) is 4.98 Å². The minimum atomic E-state index is -4.70. The molecule has 0 spiro atoms. The van der Waals surface area contributed by atoms with Gasteiger partial charge in [0.2, 0.25) is 0 Å². The van der Waals surface area contributed by atoms with Crippen molar-refractivity contribution in [3.63, 3.8) is 0 Å². The number of aromatic nitrogens is 2. The van der Waals surface area contributed by atoms with Gasteiger partial charge in [0.15, 0.2) is 0 Å². The van der Waals surface area contributed by atoms with Crippen molar-refractivity contribution < 1.29 is 17.9 Å². The van der Waals surface area contributed by atoms with Gasteiger partial charge >= 0.3 is 6.36 Å². The van der Waals surface area contributed by atoms with Crippen LogP contribution in [-0.2, 0) is 6.54 Å². The number of halogens is 3. The summed E-state index contributed by atoms with van der Waals surface area (Å²) >= 11 is 0. The highest BCUT2D eigenvalue weighted by Crippen LogP contribution is 2.23. The summed E-state index contributed by atoms with van der Waals surface area (Å²) in [5, 5.41) is 8.91. The number of hydrogen-bond donors (Lipinski definition) is 0. The highest BCUT2D eigenvalue weighted by Gasteiger charge is 2.30. The molecule has 1 aromatic heterocycles. The van der Waals surface area contributed by atoms with Gasteiger partial charge < -0.3 is 9.64 Å². The van der Waals surface area contributed by atoms with E-state index in [1.807, 2.05) is 11.0 Å². The van der Waals surface area contributed by atoms with Gasteiger partial charge in [-0.05, 0) is 35.9 Å².